The summed E-state index contributed by atoms with van der Waals surface area (Å²) in [6.45, 7) is 4.86. The average molecular weight is 228 g/mol. The van der Waals surface area contributed by atoms with Crippen LogP contribution >= 0.6 is 0 Å². The molecule has 0 aliphatic carbocycles. The summed E-state index contributed by atoms with van der Waals surface area (Å²) in [5.74, 6) is 0.130. The van der Waals surface area contributed by atoms with E-state index in [1.165, 1.54) is 12.8 Å². The highest BCUT2D eigenvalue weighted by atomic mass is 16.3. The number of β-amino-alcohol motifs (C(OH)–C–C–N with tert-alkyl or cyclic N) is 1. The van der Waals surface area contributed by atoms with Crippen LogP contribution < -0.4 is 5.32 Å². The first-order valence-corrected chi connectivity index (χ1v) is 6.18. The highest BCUT2D eigenvalue weighted by Crippen LogP contribution is 2.21. The van der Waals surface area contributed by atoms with Gasteiger partial charge in [-0.25, -0.2) is 0 Å². The molecule has 0 spiro atoms. The molecular formula is C12H24N2O2. The Labute approximate surface area is 98.0 Å². The first kappa shape index (κ1) is 13.5. The second-order valence-corrected chi connectivity index (χ2v) is 5.03. The fraction of sp³-hybridized carbons (Fsp3) is 0.917. The summed E-state index contributed by atoms with van der Waals surface area (Å²) in [5, 5.41) is 12.7. The molecule has 4 heteroatoms. The molecule has 0 aromatic carbocycles. The van der Waals surface area contributed by atoms with Gasteiger partial charge in [0, 0.05) is 0 Å². The van der Waals surface area contributed by atoms with Gasteiger partial charge in [-0.2, -0.15) is 0 Å². The second-order valence-electron chi connectivity index (χ2n) is 5.03. The molecule has 2 N–H and O–H groups in total. The van der Waals surface area contributed by atoms with Gasteiger partial charge in [-0.15, -0.1) is 0 Å². The van der Waals surface area contributed by atoms with E-state index in [1.54, 1.807) is 11.8 Å². The maximum Gasteiger partial charge on any atom is 0.239 e. The van der Waals surface area contributed by atoms with E-state index in [1.807, 2.05) is 7.05 Å². The molecule has 0 aromatic rings. The molecule has 1 amide bonds. The van der Waals surface area contributed by atoms with Gasteiger partial charge in [-0.05, 0) is 20.4 Å². The van der Waals surface area contributed by atoms with Gasteiger partial charge in [0.2, 0.25) is 5.91 Å². The molecule has 0 saturated carbocycles. The van der Waals surface area contributed by atoms with Crippen molar-refractivity contribution in [1.82, 2.24) is 10.2 Å². The summed E-state index contributed by atoms with van der Waals surface area (Å²) in [6, 6.07) is -0.0809. The summed E-state index contributed by atoms with van der Waals surface area (Å²) in [4.78, 5) is 13.7. The van der Waals surface area contributed by atoms with Crippen LogP contribution in [0.5, 0.6) is 0 Å². The van der Waals surface area contributed by atoms with Gasteiger partial charge in [-0.1, -0.05) is 26.2 Å². The first-order valence-electron chi connectivity index (χ1n) is 6.18. The lowest BCUT2D eigenvalue weighted by atomic mass is 9.95. The van der Waals surface area contributed by atoms with Crippen molar-refractivity contribution in [3.05, 3.63) is 0 Å². The normalized spacial score (nSPS) is 20.4. The zero-order valence-electron chi connectivity index (χ0n) is 10.6. The van der Waals surface area contributed by atoms with Crippen molar-refractivity contribution in [2.45, 2.75) is 51.2 Å². The van der Waals surface area contributed by atoms with Crippen molar-refractivity contribution in [2.24, 2.45) is 0 Å². The van der Waals surface area contributed by atoms with Crippen LogP contribution in [0.1, 0.15) is 39.5 Å². The number of hydrogen-bond acceptors (Lipinski definition) is 3. The molecule has 16 heavy (non-hydrogen) atoms. The van der Waals surface area contributed by atoms with Crippen molar-refractivity contribution in [1.29, 1.82) is 0 Å². The summed E-state index contributed by atoms with van der Waals surface area (Å²) in [5.41, 5.74) is -0.669. The van der Waals surface area contributed by atoms with E-state index in [2.05, 4.69) is 12.2 Å². The van der Waals surface area contributed by atoms with Crippen molar-refractivity contribution >= 4 is 5.91 Å². The summed E-state index contributed by atoms with van der Waals surface area (Å²) >= 11 is 0. The van der Waals surface area contributed by atoms with Gasteiger partial charge in [0.1, 0.15) is 0 Å². The smallest absolute Gasteiger partial charge is 0.239 e. The standard InChI is InChI=1S/C12H24N2O2/c1-4-5-6-7-10(13-3)11(15)14-8-12(2,16)9-14/h10,13,16H,4-9H2,1-3H3. The maximum absolute atomic E-state index is 12.0. The topological polar surface area (TPSA) is 52.6 Å². The minimum Gasteiger partial charge on any atom is -0.386 e. The third kappa shape index (κ3) is 3.46. The Bertz CT molecular complexity index is 233. The number of nitrogens with one attached hydrogen (secondary N) is 1. The van der Waals surface area contributed by atoms with Crippen molar-refractivity contribution < 1.29 is 9.90 Å². The van der Waals surface area contributed by atoms with Gasteiger partial charge < -0.3 is 15.3 Å². The van der Waals surface area contributed by atoms with Crippen LogP contribution in [0.4, 0.5) is 0 Å². The van der Waals surface area contributed by atoms with Crippen LogP contribution in [-0.4, -0.2) is 47.7 Å². The lowest BCUT2D eigenvalue weighted by Gasteiger charge is -2.45. The number of aliphatic hydroxyl groups is 1. The molecule has 0 bridgehead atoms. The molecule has 94 valence electrons. The predicted molar refractivity (Wildman–Crippen MR) is 64.2 cm³/mol. The van der Waals surface area contributed by atoms with Crippen LogP contribution in [0.25, 0.3) is 0 Å². The minimum absolute atomic E-state index is 0.0809. The van der Waals surface area contributed by atoms with Crippen molar-refractivity contribution in [3.63, 3.8) is 0 Å². The van der Waals surface area contributed by atoms with Crippen LogP contribution in [-0.2, 0) is 4.79 Å². The zero-order chi connectivity index (χ0) is 12.2. The highest BCUT2D eigenvalue weighted by molar-refractivity contribution is 5.82. The van der Waals surface area contributed by atoms with Crippen molar-refractivity contribution in [2.75, 3.05) is 20.1 Å². The first-order chi connectivity index (χ1) is 7.50. The number of likely N-dealkylation sites (tertiary alicyclic amines) is 1. The number of rotatable bonds is 6. The Kier molecular flexibility index (Phi) is 4.74. The lowest BCUT2D eigenvalue weighted by Crippen LogP contribution is -2.64. The van der Waals surface area contributed by atoms with Crippen LogP contribution in [0.3, 0.4) is 0 Å². The summed E-state index contributed by atoms with van der Waals surface area (Å²) < 4.78 is 0. The van der Waals surface area contributed by atoms with E-state index < -0.39 is 5.60 Å². The fourth-order valence-electron chi connectivity index (χ4n) is 2.14. The molecule has 1 saturated heterocycles. The molecule has 4 nitrogen and oxygen atoms in total. The number of hydrogen-bond donors (Lipinski definition) is 2. The Hall–Kier alpha value is -0.610. The van der Waals surface area contributed by atoms with Gasteiger partial charge in [-0.3, -0.25) is 4.79 Å². The number of carbonyl (C=O) groups excluding carboxylic acids is 1. The molecule has 1 aliphatic rings. The van der Waals surface area contributed by atoms with Crippen LogP contribution in [0.15, 0.2) is 0 Å². The molecule has 1 aliphatic heterocycles. The van der Waals surface area contributed by atoms with Gasteiger partial charge in [0.15, 0.2) is 0 Å². The fourth-order valence-corrected chi connectivity index (χ4v) is 2.14. The molecule has 1 fully saturated rings. The predicted octanol–water partition coefficient (Wildman–Crippen LogP) is 0.748. The summed E-state index contributed by atoms with van der Waals surface area (Å²) in [7, 11) is 1.83. The van der Waals surface area contributed by atoms with E-state index in [-0.39, 0.29) is 11.9 Å². The van der Waals surface area contributed by atoms with Crippen LogP contribution in [0, 0.1) is 0 Å². The second kappa shape index (κ2) is 5.64. The van der Waals surface area contributed by atoms with Gasteiger partial charge in [0.05, 0.1) is 24.7 Å². The molecule has 1 unspecified atom stereocenters. The van der Waals surface area contributed by atoms with E-state index in [0.717, 1.165) is 12.8 Å². The number of nitrogens with zero attached hydrogens (tertiary/aromatic N) is 1. The highest BCUT2D eigenvalue weighted by Gasteiger charge is 2.40. The Morgan fingerprint density at radius 1 is 1.50 bits per heavy atom. The maximum atomic E-state index is 12.0. The largest absolute Gasteiger partial charge is 0.386 e. The third-order valence-corrected chi connectivity index (χ3v) is 3.12. The SMILES string of the molecule is CCCCCC(NC)C(=O)N1CC(C)(O)C1. The Morgan fingerprint density at radius 3 is 2.56 bits per heavy atom. The number of carbonyl (C=O) groups is 1. The molecular weight excluding hydrogens is 204 g/mol. The Morgan fingerprint density at radius 2 is 2.12 bits per heavy atom. The number of unbranched alkanes of at least 4 members (excludes halogenated alkanes) is 2. The van der Waals surface area contributed by atoms with E-state index in [0.29, 0.717) is 13.1 Å². The van der Waals surface area contributed by atoms with Crippen LogP contribution in [0.2, 0.25) is 0 Å². The monoisotopic (exact) mass is 228 g/mol. The molecule has 0 radical (unpaired) electrons. The summed E-state index contributed by atoms with van der Waals surface area (Å²) in [6.07, 6.45) is 4.31. The van der Waals surface area contributed by atoms with E-state index in [9.17, 15) is 9.90 Å². The average Bonchev–Trinajstić information content (AvgIpc) is 2.20. The number of likely N-dealkylation sites (N-methyl/N-ethyl adjacent to an activating group) is 1. The zero-order valence-corrected chi connectivity index (χ0v) is 10.6. The molecule has 1 atom stereocenters. The number of amides is 1. The molecule has 1 rings (SSSR count). The van der Waals surface area contributed by atoms with E-state index >= 15 is 0 Å². The quantitative estimate of drug-likeness (QED) is 0.660. The van der Waals surface area contributed by atoms with Crippen molar-refractivity contribution in [3.8, 4) is 0 Å². The third-order valence-electron chi connectivity index (χ3n) is 3.12. The molecule has 0 aromatic heterocycles. The van der Waals surface area contributed by atoms with Gasteiger partial charge in [0.25, 0.3) is 0 Å². The Balaban J connectivity index is 2.33. The lowest BCUT2D eigenvalue weighted by molar-refractivity contribution is -0.154. The minimum atomic E-state index is -0.669. The van der Waals surface area contributed by atoms with E-state index in [4.69, 9.17) is 0 Å². The molecule has 1 heterocycles. The van der Waals surface area contributed by atoms with Gasteiger partial charge >= 0.3 is 0 Å².